The zero-order valence-corrected chi connectivity index (χ0v) is 7.28. The Bertz CT molecular complexity index is 161. The van der Waals surface area contributed by atoms with Crippen molar-refractivity contribution in [1.82, 2.24) is 5.32 Å². The SMILES string of the molecule is CCNC(=N)[C@@H](N)C1(C)CC1. The van der Waals surface area contributed by atoms with Gasteiger partial charge in [0, 0.05) is 6.54 Å². The lowest BCUT2D eigenvalue weighted by Gasteiger charge is -2.19. The Morgan fingerprint density at radius 1 is 1.73 bits per heavy atom. The van der Waals surface area contributed by atoms with Crippen molar-refractivity contribution in [1.29, 1.82) is 5.41 Å². The van der Waals surface area contributed by atoms with E-state index in [9.17, 15) is 0 Å². The molecule has 0 spiro atoms. The number of hydrogen-bond acceptors (Lipinski definition) is 2. The fraction of sp³-hybridized carbons (Fsp3) is 0.875. The van der Waals surface area contributed by atoms with Crippen molar-refractivity contribution in [2.75, 3.05) is 6.54 Å². The predicted molar refractivity (Wildman–Crippen MR) is 46.7 cm³/mol. The summed E-state index contributed by atoms with van der Waals surface area (Å²) < 4.78 is 0. The Morgan fingerprint density at radius 3 is 2.64 bits per heavy atom. The molecule has 3 heteroatoms. The van der Waals surface area contributed by atoms with Gasteiger partial charge < -0.3 is 11.1 Å². The molecule has 0 radical (unpaired) electrons. The van der Waals surface area contributed by atoms with Crippen molar-refractivity contribution in [3.8, 4) is 0 Å². The highest BCUT2D eigenvalue weighted by Crippen LogP contribution is 2.47. The number of amidine groups is 1. The maximum atomic E-state index is 7.55. The summed E-state index contributed by atoms with van der Waals surface area (Å²) in [5.41, 5.74) is 6.08. The van der Waals surface area contributed by atoms with Crippen LogP contribution in [0.15, 0.2) is 0 Å². The molecule has 1 fully saturated rings. The van der Waals surface area contributed by atoms with Gasteiger partial charge in [-0.2, -0.15) is 0 Å². The molecule has 0 bridgehead atoms. The van der Waals surface area contributed by atoms with Gasteiger partial charge in [0.25, 0.3) is 0 Å². The standard InChI is InChI=1S/C8H17N3/c1-3-11-7(10)6(9)8(2)4-5-8/h6H,3-5,9H2,1-2H3,(H2,10,11)/t6-/m1/s1. The van der Waals surface area contributed by atoms with Gasteiger partial charge in [-0.3, -0.25) is 5.41 Å². The maximum absolute atomic E-state index is 7.55. The van der Waals surface area contributed by atoms with Gasteiger partial charge in [0.2, 0.25) is 0 Å². The highest BCUT2D eigenvalue weighted by Gasteiger charge is 2.44. The Kier molecular flexibility index (Phi) is 2.18. The number of likely N-dealkylation sites (N-methyl/N-ethyl adjacent to an activating group) is 1. The van der Waals surface area contributed by atoms with Gasteiger partial charge in [0.05, 0.1) is 6.04 Å². The molecule has 64 valence electrons. The fourth-order valence-electron chi connectivity index (χ4n) is 1.16. The molecular weight excluding hydrogens is 138 g/mol. The van der Waals surface area contributed by atoms with Crippen LogP contribution in [0.2, 0.25) is 0 Å². The van der Waals surface area contributed by atoms with Crippen LogP contribution in [0.4, 0.5) is 0 Å². The van der Waals surface area contributed by atoms with Crippen molar-refractivity contribution in [3.63, 3.8) is 0 Å². The summed E-state index contributed by atoms with van der Waals surface area (Å²) >= 11 is 0. The molecule has 1 saturated carbocycles. The molecule has 0 aliphatic heterocycles. The first-order valence-electron chi connectivity index (χ1n) is 4.18. The van der Waals surface area contributed by atoms with Crippen molar-refractivity contribution >= 4 is 5.84 Å². The lowest BCUT2D eigenvalue weighted by atomic mass is 9.99. The van der Waals surface area contributed by atoms with Crippen LogP contribution < -0.4 is 11.1 Å². The van der Waals surface area contributed by atoms with Crippen molar-refractivity contribution in [2.24, 2.45) is 11.1 Å². The Labute approximate surface area is 67.9 Å². The fourth-order valence-corrected chi connectivity index (χ4v) is 1.16. The molecule has 0 aromatic rings. The van der Waals surface area contributed by atoms with Crippen LogP contribution in [0.1, 0.15) is 26.7 Å². The van der Waals surface area contributed by atoms with E-state index in [1.165, 1.54) is 12.8 Å². The van der Waals surface area contributed by atoms with E-state index in [0.29, 0.717) is 5.84 Å². The van der Waals surface area contributed by atoms with Crippen molar-refractivity contribution < 1.29 is 0 Å². The second kappa shape index (κ2) is 2.81. The summed E-state index contributed by atoms with van der Waals surface area (Å²) in [6.45, 7) is 4.92. The molecule has 0 aromatic carbocycles. The number of nitrogens with two attached hydrogens (primary N) is 1. The van der Waals surface area contributed by atoms with Gasteiger partial charge in [0.15, 0.2) is 0 Å². The average Bonchev–Trinajstić information content (AvgIpc) is 2.68. The third-order valence-corrected chi connectivity index (χ3v) is 2.47. The van der Waals surface area contributed by atoms with Crippen molar-refractivity contribution in [2.45, 2.75) is 32.7 Å². The molecule has 1 rings (SSSR count). The monoisotopic (exact) mass is 155 g/mol. The molecule has 4 N–H and O–H groups in total. The van der Waals surface area contributed by atoms with Crippen LogP contribution >= 0.6 is 0 Å². The topological polar surface area (TPSA) is 61.9 Å². The van der Waals surface area contributed by atoms with Gasteiger partial charge in [-0.25, -0.2) is 0 Å². The van der Waals surface area contributed by atoms with Gasteiger partial charge in [-0.15, -0.1) is 0 Å². The van der Waals surface area contributed by atoms with E-state index in [2.05, 4.69) is 12.2 Å². The number of hydrogen-bond donors (Lipinski definition) is 3. The minimum atomic E-state index is -0.0811. The first-order chi connectivity index (χ1) is 5.10. The van der Waals surface area contributed by atoms with E-state index < -0.39 is 0 Å². The minimum absolute atomic E-state index is 0.0811. The normalized spacial score (nSPS) is 22.5. The van der Waals surface area contributed by atoms with Gasteiger partial charge in [0.1, 0.15) is 5.84 Å². The summed E-state index contributed by atoms with van der Waals surface area (Å²) in [7, 11) is 0. The summed E-state index contributed by atoms with van der Waals surface area (Å²) in [4.78, 5) is 0. The molecule has 0 saturated heterocycles. The lowest BCUT2D eigenvalue weighted by Crippen LogP contribution is -2.45. The third-order valence-electron chi connectivity index (χ3n) is 2.47. The summed E-state index contributed by atoms with van der Waals surface area (Å²) in [6, 6.07) is -0.0811. The molecule has 0 amide bonds. The van der Waals surface area contributed by atoms with E-state index in [0.717, 1.165) is 6.54 Å². The quantitative estimate of drug-likeness (QED) is 0.415. The van der Waals surface area contributed by atoms with Gasteiger partial charge >= 0.3 is 0 Å². The lowest BCUT2D eigenvalue weighted by molar-refractivity contribution is 0.513. The third kappa shape index (κ3) is 1.71. The predicted octanol–water partition coefficient (Wildman–Crippen LogP) is 0.701. The van der Waals surface area contributed by atoms with E-state index in [1.807, 2.05) is 6.92 Å². The van der Waals surface area contributed by atoms with Crippen LogP contribution in [0.3, 0.4) is 0 Å². The Balaban J connectivity index is 2.40. The van der Waals surface area contributed by atoms with E-state index in [4.69, 9.17) is 11.1 Å². The van der Waals surface area contributed by atoms with E-state index in [-0.39, 0.29) is 11.5 Å². The van der Waals surface area contributed by atoms with Crippen LogP contribution in [0.25, 0.3) is 0 Å². The van der Waals surface area contributed by atoms with Gasteiger partial charge in [-0.05, 0) is 25.2 Å². The minimum Gasteiger partial charge on any atom is -0.373 e. The smallest absolute Gasteiger partial charge is 0.111 e. The molecule has 1 atom stereocenters. The first kappa shape index (κ1) is 8.53. The average molecular weight is 155 g/mol. The second-order valence-corrected chi connectivity index (χ2v) is 3.58. The van der Waals surface area contributed by atoms with Crippen LogP contribution in [-0.2, 0) is 0 Å². The molecule has 0 heterocycles. The molecule has 1 aliphatic rings. The molecular formula is C8H17N3. The number of rotatable bonds is 3. The molecule has 11 heavy (non-hydrogen) atoms. The zero-order chi connectivity index (χ0) is 8.48. The first-order valence-corrected chi connectivity index (χ1v) is 4.18. The van der Waals surface area contributed by atoms with E-state index >= 15 is 0 Å². The highest BCUT2D eigenvalue weighted by atomic mass is 15.0. The molecule has 0 aromatic heterocycles. The van der Waals surface area contributed by atoms with Crippen LogP contribution in [-0.4, -0.2) is 18.4 Å². The van der Waals surface area contributed by atoms with E-state index in [1.54, 1.807) is 0 Å². The maximum Gasteiger partial charge on any atom is 0.111 e. The highest BCUT2D eigenvalue weighted by molar-refractivity contribution is 5.85. The Hall–Kier alpha value is -0.570. The van der Waals surface area contributed by atoms with Crippen LogP contribution in [0.5, 0.6) is 0 Å². The zero-order valence-electron chi connectivity index (χ0n) is 7.28. The van der Waals surface area contributed by atoms with Crippen LogP contribution in [0, 0.1) is 10.8 Å². The van der Waals surface area contributed by atoms with Gasteiger partial charge in [-0.1, -0.05) is 6.92 Å². The molecule has 3 nitrogen and oxygen atoms in total. The number of nitrogens with one attached hydrogen (secondary N) is 2. The molecule has 0 unspecified atom stereocenters. The second-order valence-electron chi connectivity index (χ2n) is 3.58. The summed E-state index contributed by atoms with van der Waals surface area (Å²) in [5.74, 6) is 0.493. The molecule has 1 aliphatic carbocycles. The summed E-state index contributed by atoms with van der Waals surface area (Å²) in [6.07, 6.45) is 2.34. The Morgan fingerprint density at radius 2 is 2.27 bits per heavy atom. The van der Waals surface area contributed by atoms with Crippen molar-refractivity contribution in [3.05, 3.63) is 0 Å². The summed E-state index contributed by atoms with van der Waals surface area (Å²) in [5, 5.41) is 10.5. The largest absolute Gasteiger partial charge is 0.373 e.